The van der Waals surface area contributed by atoms with Crippen molar-refractivity contribution in [3.05, 3.63) is 76.8 Å². The molecule has 4 bridgehead atoms. The number of aryl methyl sites for hydroxylation is 2. The average molecular weight is 645 g/mol. The zero-order chi connectivity index (χ0) is 32.0. The molecule has 5 aliphatic rings. The van der Waals surface area contributed by atoms with Crippen molar-refractivity contribution in [3.8, 4) is 23.0 Å². The summed E-state index contributed by atoms with van der Waals surface area (Å²) in [6.07, 6.45) is 1.09. The average Bonchev–Trinajstić information content (AvgIpc) is 3.67. The van der Waals surface area contributed by atoms with Gasteiger partial charge in [0.15, 0.2) is 18.1 Å². The van der Waals surface area contributed by atoms with E-state index >= 15 is 0 Å². The maximum absolute atomic E-state index is 13.4. The molecule has 240 valence electrons. The van der Waals surface area contributed by atoms with E-state index in [1.165, 1.54) is 7.11 Å². The molecule has 46 heavy (non-hydrogen) atoms. The largest absolute Gasteiger partial charge is 0.496 e. The van der Waals surface area contributed by atoms with E-state index in [1.807, 2.05) is 36.4 Å². The van der Waals surface area contributed by atoms with E-state index in [2.05, 4.69) is 15.6 Å². The second-order valence-corrected chi connectivity index (χ2v) is 12.3. The minimum atomic E-state index is -0.523. The van der Waals surface area contributed by atoms with Gasteiger partial charge in [-0.05, 0) is 48.4 Å². The summed E-state index contributed by atoms with van der Waals surface area (Å²) in [6, 6.07) is 18.2. The molecule has 3 aromatic carbocycles. The molecular formula is C34H36N4O7S. The van der Waals surface area contributed by atoms with Crippen LogP contribution in [0.5, 0.6) is 23.0 Å². The first-order valence-corrected chi connectivity index (χ1v) is 16.0. The molecule has 9 rings (SSSR count). The van der Waals surface area contributed by atoms with E-state index in [0.29, 0.717) is 48.8 Å². The number of fused-ring (bicyclic) bond motifs is 1. The van der Waals surface area contributed by atoms with Crippen LogP contribution in [-0.2, 0) is 33.8 Å². The molecular weight excluding hydrogens is 608 g/mol. The van der Waals surface area contributed by atoms with E-state index in [0.717, 1.165) is 26.4 Å². The van der Waals surface area contributed by atoms with E-state index in [9.17, 15) is 14.4 Å². The standard InChI is InChI=1S/C34H36N4O7S/c1-42-27-16-23-10-9-22(27)17-35-31(39)12-8-21-7-11-26(28(15-21)43-2)44-20-32(40)36-25-18-38(19-29(25)45-23)34(41)14-13-33-37-24-5-3-4-6-30(24)46-33/h3-7,9-11,15-16,25,29H,8,12-14,17-20H2,1-2H3,(H,35,39)(H,36,40)/t25-,29-/m1/s1. The molecule has 5 aliphatic heterocycles. The van der Waals surface area contributed by atoms with E-state index < -0.39 is 12.1 Å². The minimum Gasteiger partial charge on any atom is -0.496 e. The van der Waals surface area contributed by atoms with Gasteiger partial charge in [0.2, 0.25) is 11.8 Å². The van der Waals surface area contributed by atoms with Crippen LogP contribution in [0.2, 0.25) is 0 Å². The number of nitrogens with one attached hydrogen (secondary N) is 2. The number of aromatic nitrogens is 1. The lowest BCUT2D eigenvalue weighted by Crippen LogP contribution is -2.46. The Labute approximate surface area is 270 Å². The van der Waals surface area contributed by atoms with Gasteiger partial charge in [-0.15, -0.1) is 11.3 Å². The second-order valence-electron chi connectivity index (χ2n) is 11.2. The fraction of sp³-hybridized carbons (Fsp3) is 0.353. The Balaban J connectivity index is 1.20. The molecule has 2 atom stereocenters. The highest BCUT2D eigenvalue weighted by atomic mass is 32.1. The molecule has 6 heterocycles. The van der Waals surface area contributed by atoms with E-state index in [1.54, 1.807) is 47.6 Å². The lowest BCUT2D eigenvalue weighted by atomic mass is 10.1. The van der Waals surface area contributed by atoms with Crippen LogP contribution < -0.4 is 29.6 Å². The lowest BCUT2D eigenvalue weighted by molar-refractivity contribution is -0.130. The molecule has 1 saturated heterocycles. The number of likely N-dealkylation sites (tertiary alicyclic amines) is 1. The second kappa shape index (κ2) is 14.1. The summed E-state index contributed by atoms with van der Waals surface area (Å²) in [5.74, 6) is 1.47. The van der Waals surface area contributed by atoms with E-state index in [-0.39, 0.29) is 43.8 Å². The molecule has 1 aromatic heterocycles. The van der Waals surface area contributed by atoms with Crippen molar-refractivity contribution in [3.63, 3.8) is 0 Å². The van der Waals surface area contributed by atoms with Crippen molar-refractivity contribution >= 4 is 39.3 Å². The maximum Gasteiger partial charge on any atom is 0.258 e. The van der Waals surface area contributed by atoms with Gasteiger partial charge in [-0.2, -0.15) is 0 Å². The van der Waals surface area contributed by atoms with Crippen molar-refractivity contribution in [1.82, 2.24) is 20.5 Å². The summed E-state index contributed by atoms with van der Waals surface area (Å²) in [7, 11) is 3.09. The number of benzene rings is 3. The summed E-state index contributed by atoms with van der Waals surface area (Å²) < 4.78 is 24.4. The number of thiazole rings is 1. The third-order valence-electron chi connectivity index (χ3n) is 8.11. The van der Waals surface area contributed by atoms with Gasteiger partial charge in [0, 0.05) is 44.0 Å². The zero-order valence-electron chi connectivity index (χ0n) is 25.7. The normalized spacial score (nSPS) is 18.7. The number of hydrogen-bond donors (Lipinski definition) is 2. The van der Waals surface area contributed by atoms with Crippen LogP contribution in [0.15, 0.2) is 60.7 Å². The Bertz CT molecular complexity index is 1710. The minimum absolute atomic E-state index is 0.0418. The predicted molar refractivity (Wildman–Crippen MR) is 173 cm³/mol. The molecule has 0 aliphatic carbocycles. The van der Waals surface area contributed by atoms with Crippen LogP contribution in [0.3, 0.4) is 0 Å². The van der Waals surface area contributed by atoms with Gasteiger partial charge in [-0.25, -0.2) is 4.98 Å². The molecule has 0 spiro atoms. The number of para-hydroxylation sites is 1. The Kier molecular flexibility index (Phi) is 9.53. The molecule has 4 aromatic rings. The van der Waals surface area contributed by atoms with Gasteiger partial charge in [0.25, 0.3) is 5.91 Å². The summed E-state index contributed by atoms with van der Waals surface area (Å²) in [4.78, 5) is 45.5. The number of hydrogen-bond acceptors (Lipinski definition) is 9. The third-order valence-corrected chi connectivity index (χ3v) is 9.20. The smallest absolute Gasteiger partial charge is 0.258 e. The Morgan fingerprint density at radius 3 is 2.67 bits per heavy atom. The maximum atomic E-state index is 13.4. The predicted octanol–water partition coefficient (Wildman–Crippen LogP) is 3.66. The lowest BCUT2D eigenvalue weighted by Gasteiger charge is -2.22. The number of carbonyl (C=O) groups excluding carboxylic acids is 3. The van der Waals surface area contributed by atoms with Crippen molar-refractivity contribution in [2.75, 3.05) is 33.9 Å². The monoisotopic (exact) mass is 644 g/mol. The molecule has 3 amide bonds. The number of nitrogens with zero attached hydrogens (tertiary/aromatic N) is 2. The van der Waals surface area contributed by atoms with Crippen LogP contribution in [0.25, 0.3) is 10.2 Å². The number of rotatable bonds is 5. The van der Waals surface area contributed by atoms with Crippen LogP contribution in [0.4, 0.5) is 0 Å². The highest BCUT2D eigenvalue weighted by molar-refractivity contribution is 7.18. The summed E-state index contributed by atoms with van der Waals surface area (Å²) in [5, 5.41) is 6.88. The fourth-order valence-electron chi connectivity index (χ4n) is 5.67. The van der Waals surface area contributed by atoms with Gasteiger partial charge < -0.3 is 34.5 Å². The Hall–Kier alpha value is -4.84. The fourth-order valence-corrected chi connectivity index (χ4v) is 6.64. The van der Waals surface area contributed by atoms with Gasteiger partial charge in [-0.1, -0.05) is 18.2 Å². The number of carbonyl (C=O) groups is 3. The molecule has 12 heteroatoms. The van der Waals surface area contributed by atoms with Crippen LogP contribution in [-0.4, -0.2) is 73.7 Å². The molecule has 11 nitrogen and oxygen atoms in total. The molecule has 0 unspecified atom stereocenters. The Morgan fingerprint density at radius 1 is 1.00 bits per heavy atom. The number of ether oxygens (including phenoxy) is 4. The summed E-state index contributed by atoms with van der Waals surface area (Å²) >= 11 is 1.59. The summed E-state index contributed by atoms with van der Waals surface area (Å²) in [6.45, 7) is 0.612. The highest BCUT2D eigenvalue weighted by Gasteiger charge is 2.38. The SMILES string of the molecule is COc1cc2ccc1CNC(=O)CCc1ccc(c(OC)c1)OCC(=O)N[C@@H]1CN(C(=O)CCc3nc4ccccc4s3)C[C@H]1O2. The van der Waals surface area contributed by atoms with Crippen molar-refractivity contribution < 1.29 is 33.3 Å². The van der Waals surface area contributed by atoms with Gasteiger partial charge in [0.1, 0.15) is 17.6 Å². The number of methoxy groups -OCH3 is 2. The van der Waals surface area contributed by atoms with Gasteiger partial charge in [-0.3, -0.25) is 14.4 Å². The molecule has 2 N–H and O–H groups in total. The first-order chi connectivity index (χ1) is 22.4. The van der Waals surface area contributed by atoms with Crippen molar-refractivity contribution in [2.45, 2.75) is 44.4 Å². The van der Waals surface area contributed by atoms with Crippen molar-refractivity contribution in [2.24, 2.45) is 0 Å². The third kappa shape index (κ3) is 7.34. The molecule has 0 radical (unpaired) electrons. The highest BCUT2D eigenvalue weighted by Crippen LogP contribution is 2.30. The first-order valence-electron chi connectivity index (χ1n) is 15.2. The first kappa shape index (κ1) is 31.2. The van der Waals surface area contributed by atoms with Gasteiger partial charge >= 0.3 is 0 Å². The topological polar surface area (TPSA) is 128 Å². The van der Waals surface area contributed by atoms with E-state index in [4.69, 9.17) is 18.9 Å². The molecule has 0 saturated carbocycles. The summed E-state index contributed by atoms with van der Waals surface area (Å²) in [5.41, 5.74) is 2.63. The quantitative estimate of drug-likeness (QED) is 0.337. The number of amides is 3. The van der Waals surface area contributed by atoms with Crippen LogP contribution in [0, 0.1) is 0 Å². The van der Waals surface area contributed by atoms with Crippen LogP contribution in [0.1, 0.15) is 29.0 Å². The zero-order valence-corrected chi connectivity index (χ0v) is 26.6. The Morgan fingerprint density at radius 2 is 1.85 bits per heavy atom. The molecule has 1 fully saturated rings. The van der Waals surface area contributed by atoms with Crippen LogP contribution >= 0.6 is 11.3 Å². The van der Waals surface area contributed by atoms with Gasteiger partial charge in [0.05, 0.1) is 42.0 Å². The van der Waals surface area contributed by atoms with Crippen molar-refractivity contribution in [1.29, 1.82) is 0 Å².